The first kappa shape index (κ1) is 22.4. The standard InChI is InChI=1S/C19H22O2S.2C2H6/c1-13-17-10-9-16(21-4)11-18(17)22-12-19(13,2)14-5-7-15(20-3)8-6-14;2*1-2/h5-11,13H,12H2,1-4H3;2*1-2H3. The van der Waals surface area contributed by atoms with E-state index in [-0.39, 0.29) is 5.41 Å². The Morgan fingerprint density at radius 1 is 0.885 bits per heavy atom. The fourth-order valence-corrected chi connectivity index (χ4v) is 4.61. The van der Waals surface area contributed by atoms with Gasteiger partial charge in [-0.15, -0.1) is 11.8 Å². The second-order valence-corrected chi connectivity index (χ2v) is 7.08. The molecular formula is C23H34O2S. The van der Waals surface area contributed by atoms with Crippen LogP contribution in [0.1, 0.15) is 58.6 Å². The summed E-state index contributed by atoms with van der Waals surface area (Å²) in [4.78, 5) is 1.35. The summed E-state index contributed by atoms with van der Waals surface area (Å²) in [5, 5.41) is 0. The van der Waals surface area contributed by atoms with Crippen molar-refractivity contribution in [1.82, 2.24) is 0 Å². The zero-order valence-electron chi connectivity index (χ0n) is 17.6. The molecule has 3 heteroatoms. The van der Waals surface area contributed by atoms with Crippen molar-refractivity contribution in [2.75, 3.05) is 20.0 Å². The third kappa shape index (κ3) is 4.56. The molecule has 2 atom stereocenters. The SMILES string of the molecule is CC.CC.COc1ccc(C2(C)CSc3cc(OC)ccc3C2C)cc1. The number of hydrogen-bond acceptors (Lipinski definition) is 3. The molecule has 0 aliphatic carbocycles. The lowest BCUT2D eigenvalue weighted by Gasteiger charge is -2.41. The average Bonchev–Trinajstić information content (AvgIpc) is 2.73. The van der Waals surface area contributed by atoms with Gasteiger partial charge in [0.05, 0.1) is 14.2 Å². The van der Waals surface area contributed by atoms with Crippen molar-refractivity contribution in [3.8, 4) is 11.5 Å². The summed E-state index contributed by atoms with van der Waals surface area (Å²) in [6, 6.07) is 14.9. The zero-order chi connectivity index (χ0) is 19.7. The first-order chi connectivity index (χ1) is 12.6. The molecule has 2 aromatic carbocycles. The summed E-state index contributed by atoms with van der Waals surface area (Å²) >= 11 is 1.92. The van der Waals surface area contributed by atoms with E-state index in [9.17, 15) is 0 Å². The summed E-state index contributed by atoms with van der Waals surface area (Å²) < 4.78 is 10.6. The predicted octanol–water partition coefficient (Wildman–Crippen LogP) is 6.92. The Hall–Kier alpha value is -1.61. The Morgan fingerprint density at radius 2 is 1.42 bits per heavy atom. The van der Waals surface area contributed by atoms with Crippen LogP contribution in [0.15, 0.2) is 47.4 Å². The van der Waals surface area contributed by atoms with Gasteiger partial charge >= 0.3 is 0 Å². The highest BCUT2D eigenvalue weighted by Crippen LogP contribution is 2.50. The highest BCUT2D eigenvalue weighted by atomic mass is 32.2. The average molecular weight is 375 g/mol. The van der Waals surface area contributed by atoms with E-state index in [4.69, 9.17) is 9.47 Å². The van der Waals surface area contributed by atoms with Gasteiger partial charge in [0, 0.05) is 16.1 Å². The Labute approximate surface area is 164 Å². The largest absolute Gasteiger partial charge is 0.497 e. The van der Waals surface area contributed by atoms with Crippen LogP contribution in [0.25, 0.3) is 0 Å². The van der Waals surface area contributed by atoms with E-state index in [1.165, 1.54) is 16.0 Å². The van der Waals surface area contributed by atoms with Crippen LogP contribution in [0.3, 0.4) is 0 Å². The molecule has 0 bridgehead atoms. The maximum absolute atomic E-state index is 5.35. The van der Waals surface area contributed by atoms with Gasteiger partial charge in [0.15, 0.2) is 0 Å². The summed E-state index contributed by atoms with van der Waals surface area (Å²) in [6.07, 6.45) is 0. The van der Waals surface area contributed by atoms with E-state index in [1.54, 1.807) is 14.2 Å². The van der Waals surface area contributed by atoms with Gasteiger partial charge in [-0.3, -0.25) is 0 Å². The Kier molecular flexibility index (Phi) is 9.07. The summed E-state index contributed by atoms with van der Waals surface area (Å²) in [5.74, 6) is 3.38. The van der Waals surface area contributed by atoms with Gasteiger partial charge in [0.1, 0.15) is 11.5 Å². The maximum atomic E-state index is 5.35. The van der Waals surface area contributed by atoms with Crippen molar-refractivity contribution in [3.63, 3.8) is 0 Å². The second kappa shape index (κ2) is 10.5. The van der Waals surface area contributed by atoms with Gasteiger partial charge in [-0.2, -0.15) is 0 Å². The third-order valence-corrected chi connectivity index (χ3v) is 6.33. The molecule has 1 aliphatic rings. The Balaban J connectivity index is 0.000000791. The van der Waals surface area contributed by atoms with Crippen LogP contribution in [0.2, 0.25) is 0 Å². The van der Waals surface area contributed by atoms with Crippen molar-refractivity contribution in [3.05, 3.63) is 53.6 Å². The Morgan fingerprint density at radius 3 is 1.96 bits per heavy atom. The van der Waals surface area contributed by atoms with Gasteiger partial charge in [-0.1, -0.05) is 59.7 Å². The van der Waals surface area contributed by atoms with Gasteiger partial charge < -0.3 is 9.47 Å². The molecule has 3 rings (SSSR count). The van der Waals surface area contributed by atoms with Gasteiger partial charge in [-0.25, -0.2) is 0 Å². The van der Waals surface area contributed by atoms with E-state index in [1.807, 2.05) is 39.5 Å². The number of ether oxygens (including phenoxy) is 2. The molecule has 0 saturated heterocycles. The summed E-state index contributed by atoms with van der Waals surface area (Å²) in [6.45, 7) is 12.7. The minimum absolute atomic E-state index is 0.124. The molecule has 0 saturated carbocycles. The quantitative estimate of drug-likeness (QED) is 0.580. The first-order valence-corrected chi connectivity index (χ1v) is 10.5. The van der Waals surface area contributed by atoms with Crippen molar-refractivity contribution >= 4 is 11.8 Å². The number of thioether (sulfide) groups is 1. The number of hydrogen-bond donors (Lipinski definition) is 0. The summed E-state index contributed by atoms with van der Waals surface area (Å²) in [5.41, 5.74) is 2.91. The van der Waals surface area contributed by atoms with E-state index < -0.39 is 0 Å². The van der Waals surface area contributed by atoms with Crippen LogP contribution in [-0.4, -0.2) is 20.0 Å². The fourth-order valence-electron chi connectivity index (χ4n) is 3.13. The molecule has 144 valence electrons. The predicted molar refractivity (Wildman–Crippen MR) is 115 cm³/mol. The monoisotopic (exact) mass is 374 g/mol. The number of benzene rings is 2. The molecule has 0 spiro atoms. The van der Waals surface area contributed by atoms with Crippen LogP contribution < -0.4 is 9.47 Å². The minimum Gasteiger partial charge on any atom is -0.497 e. The smallest absolute Gasteiger partial charge is 0.119 e. The lowest BCUT2D eigenvalue weighted by atomic mass is 9.71. The normalized spacial score (nSPS) is 20.5. The van der Waals surface area contributed by atoms with E-state index in [0.717, 1.165) is 17.3 Å². The van der Waals surface area contributed by atoms with Crippen molar-refractivity contribution in [2.24, 2.45) is 0 Å². The fraction of sp³-hybridized carbons (Fsp3) is 0.478. The van der Waals surface area contributed by atoms with Crippen molar-refractivity contribution in [1.29, 1.82) is 0 Å². The minimum atomic E-state index is 0.124. The molecule has 2 aromatic rings. The molecular weight excluding hydrogens is 340 g/mol. The van der Waals surface area contributed by atoms with E-state index >= 15 is 0 Å². The molecule has 2 nitrogen and oxygen atoms in total. The number of rotatable bonds is 3. The van der Waals surface area contributed by atoms with Crippen LogP contribution in [0.5, 0.6) is 11.5 Å². The third-order valence-electron chi connectivity index (χ3n) is 4.92. The molecule has 0 radical (unpaired) electrons. The van der Waals surface area contributed by atoms with Crippen LogP contribution in [-0.2, 0) is 5.41 Å². The highest BCUT2D eigenvalue weighted by molar-refractivity contribution is 7.99. The zero-order valence-corrected chi connectivity index (χ0v) is 18.4. The molecule has 0 amide bonds. The van der Waals surface area contributed by atoms with Crippen LogP contribution in [0, 0.1) is 0 Å². The molecule has 26 heavy (non-hydrogen) atoms. The lowest BCUT2D eigenvalue weighted by Crippen LogP contribution is -2.34. The highest BCUT2D eigenvalue weighted by Gasteiger charge is 2.38. The molecule has 1 heterocycles. The van der Waals surface area contributed by atoms with Gasteiger partial charge in [0.2, 0.25) is 0 Å². The second-order valence-electron chi connectivity index (χ2n) is 6.06. The van der Waals surface area contributed by atoms with Gasteiger partial charge in [-0.05, 0) is 41.3 Å². The number of methoxy groups -OCH3 is 2. The topological polar surface area (TPSA) is 18.5 Å². The lowest BCUT2D eigenvalue weighted by molar-refractivity contribution is 0.406. The van der Waals surface area contributed by atoms with Crippen molar-refractivity contribution < 1.29 is 9.47 Å². The first-order valence-electron chi connectivity index (χ1n) is 9.54. The molecule has 0 fully saturated rings. The number of fused-ring (bicyclic) bond motifs is 1. The van der Waals surface area contributed by atoms with E-state index in [0.29, 0.717) is 5.92 Å². The molecule has 2 unspecified atom stereocenters. The van der Waals surface area contributed by atoms with Crippen LogP contribution in [0.4, 0.5) is 0 Å². The molecule has 1 aliphatic heterocycles. The van der Waals surface area contributed by atoms with Crippen LogP contribution >= 0.6 is 11.8 Å². The maximum Gasteiger partial charge on any atom is 0.119 e. The molecule has 0 aromatic heterocycles. The van der Waals surface area contributed by atoms with Gasteiger partial charge in [0.25, 0.3) is 0 Å². The van der Waals surface area contributed by atoms with E-state index in [2.05, 4.69) is 56.3 Å². The molecule has 0 N–H and O–H groups in total. The Bertz CT molecular complexity index is 666. The summed E-state index contributed by atoms with van der Waals surface area (Å²) in [7, 11) is 3.43. The van der Waals surface area contributed by atoms with Crippen molar-refractivity contribution in [2.45, 2.75) is 57.8 Å².